The predicted octanol–water partition coefficient (Wildman–Crippen LogP) is 2.42. The van der Waals surface area contributed by atoms with Crippen molar-refractivity contribution in [2.24, 2.45) is 5.92 Å². The van der Waals surface area contributed by atoms with Gasteiger partial charge in [0.1, 0.15) is 0 Å². The van der Waals surface area contributed by atoms with Gasteiger partial charge in [0.2, 0.25) is 0 Å². The highest BCUT2D eigenvalue weighted by Gasteiger charge is 2.24. The lowest BCUT2D eigenvalue weighted by Gasteiger charge is -2.30. The van der Waals surface area contributed by atoms with E-state index in [1.54, 1.807) is 0 Å². The number of piperidine rings is 1. The zero-order valence-electron chi connectivity index (χ0n) is 9.32. The molecule has 2 nitrogen and oxygen atoms in total. The molecule has 1 heterocycles. The normalized spacial score (nSPS) is 23.0. The second-order valence-electron chi connectivity index (χ2n) is 4.45. The molecule has 2 atom stereocenters. The van der Waals surface area contributed by atoms with Gasteiger partial charge in [-0.15, -0.1) is 0 Å². The van der Waals surface area contributed by atoms with E-state index in [1.165, 1.54) is 12.8 Å². The van der Waals surface area contributed by atoms with Crippen molar-refractivity contribution in [2.75, 3.05) is 19.7 Å². The Balaban J connectivity index is 2.14. The average molecular weight is 240 g/mol. The van der Waals surface area contributed by atoms with Crippen LogP contribution in [0.2, 0.25) is 5.02 Å². The highest BCUT2D eigenvalue weighted by atomic mass is 35.5. The largest absolute Gasteiger partial charge is 0.396 e. The molecule has 1 fully saturated rings. The lowest BCUT2D eigenvalue weighted by Crippen LogP contribution is -2.34. The molecule has 0 aromatic heterocycles. The zero-order chi connectivity index (χ0) is 11.4. The molecule has 2 rings (SSSR count). The van der Waals surface area contributed by atoms with Gasteiger partial charge in [-0.25, -0.2) is 0 Å². The second-order valence-corrected chi connectivity index (χ2v) is 4.89. The molecular formula is C13H18ClNO. The minimum absolute atomic E-state index is 0.201. The maximum absolute atomic E-state index is 9.55. The highest BCUT2D eigenvalue weighted by Crippen LogP contribution is 2.30. The molecule has 0 aliphatic carbocycles. The molecule has 88 valence electrons. The van der Waals surface area contributed by atoms with Crippen LogP contribution in [-0.4, -0.2) is 24.8 Å². The molecule has 0 bridgehead atoms. The summed E-state index contributed by atoms with van der Waals surface area (Å²) < 4.78 is 0. The van der Waals surface area contributed by atoms with Crippen molar-refractivity contribution in [3.63, 3.8) is 0 Å². The van der Waals surface area contributed by atoms with E-state index in [9.17, 15) is 5.11 Å². The number of halogens is 1. The summed E-state index contributed by atoms with van der Waals surface area (Å²) in [6, 6.07) is 7.85. The fourth-order valence-electron chi connectivity index (χ4n) is 2.49. The third-order valence-corrected chi connectivity index (χ3v) is 3.61. The number of rotatable bonds is 3. The van der Waals surface area contributed by atoms with E-state index in [2.05, 4.69) is 11.4 Å². The fraction of sp³-hybridized carbons (Fsp3) is 0.538. The summed E-state index contributed by atoms with van der Waals surface area (Å²) in [5.74, 6) is 0.740. The molecule has 0 spiro atoms. The molecule has 1 aliphatic heterocycles. The minimum Gasteiger partial charge on any atom is -0.396 e. The topological polar surface area (TPSA) is 32.3 Å². The molecule has 1 saturated heterocycles. The summed E-state index contributed by atoms with van der Waals surface area (Å²) in [7, 11) is 0. The molecule has 0 amide bonds. The lowest BCUT2D eigenvalue weighted by atomic mass is 9.82. The summed E-state index contributed by atoms with van der Waals surface area (Å²) in [4.78, 5) is 0. The average Bonchev–Trinajstić information content (AvgIpc) is 2.31. The second kappa shape index (κ2) is 5.67. The van der Waals surface area contributed by atoms with E-state index >= 15 is 0 Å². The fourth-order valence-corrected chi connectivity index (χ4v) is 2.68. The molecule has 0 radical (unpaired) electrons. The van der Waals surface area contributed by atoms with Crippen LogP contribution < -0.4 is 5.32 Å². The summed E-state index contributed by atoms with van der Waals surface area (Å²) in [5, 5.41) is 13.7. The Bertz CT molecular complexity index is 336. The molecule has 1 aliphatic rings. The number of hydrogen-bond donors (Lipinski definition) is 2. The van der Waals surface area contributed by atoms with Gasteiger partial charge in [0.15, 0.2) is 0 Å². The molecule has 3 heteroatoms. The van der Waals surface area contributed by atoms with E-state index in [1.807, 2.05) is 18.2 Å². The van der Waals surface area contributed by atoms with Crippen LogP contribution in [0.5, 0.6) is 0 Å². The van der Waals surface area contributed by atoms with Crippen molar-refractivity contribution in [3.05, 3.63) is 34.9 Å². The van der Waals surface area contributed by atoms with Gasteiger partial charge < -0.3 is 10.4 Å². The number of benzene rings is 1. The first-order valence-electron chi connectivity index (χ1n) is 5.88. The first kappa shape index (κ1) is 11.9. The van der Waals surface area contributed by atoms with Gasteiger partial charge in [-0.3, -0.25) is 0 Å². The van der Waals surface area contributed by atoms with Crippen LogP contribution in [0.15, 0.2) is 24.3 Å². The Labute approximate surface area is 102 Å². The highest BCUT2D eigenvalue weighted by molar-refractivity contribution is 6.30. The van der Waals surface area contributed by atoms with Gasteiger partial charge in [-0.05, 0) is 49.5 Å². The third kappa shape index (κ3) is 2.76. The van der Waals surface area contributed by atoms with Crippen molar-refractivity contribution in [1.82, 2.24) is 5.32 Å². The van der Waals surface area contributed by atoms with Crippen LogP contribution in [-0.2, 0) is 0 Å². The van der Waals surface area contributed by atoms with E-state index in [-0.39, 0.29) is 12.5 Å². The molecule has 2 N–H and O–H groups in total. The molecule has 1 aromatic carbocycles. The predicted molar refractivity (Wildman–Crippen MR) is 66.9 cm³/mol. The summed E-state index contributed by atoms with van der Waals surface area (Å²) in [5.41, 5.74) is 1.16. The van der Waals surface area contributed by atoms with Crippen molar-refractivity contribution in [2.45, 2.75) is 18.8 Å². The smallest absolute Gasteiger partial charge is 0.0502 e. The van der Waals surface area contributed by atoms with Gasteiger partial charge in [-0.1, -0.05) is 23.7 Å². The monoisotopic (exact) mass is 239 g/mol. The van der Waals surface area contributed by atoms with Gasteiger partial charge in [0.25, 0.3) is 0 Å². The molecule has 2 unspecified atom stereocenters. The molecule has 0 saturated carbocycles. The third-order valence-electron chi connectivity index (χ3n) is 3.38. The van der Waals surface area contributed by atoms with Gasteiger partial charge in [0.05, 0.1) is 6.61 Å². The lowest BCUT2D eigenvalue weighted by molar-refractivity contribution is 0.204. The molecular weight excluding hydrogens is 222 g/mol. The van der Waals surface area contributed by atoms with Crippen LogP contribution >= 0.6 is 11.6 Å². The number of nitrogens with one attached hydrogen (secondary N) is 1. The van der Waals surface area contributed by atoms with Crippen molar-refractivity contribution in [3.8, 4) is 0 Å². The Kier molecular flexibility index (Phi) is 4.22. The Morgan fingerprint density at radius 1 is 1.50 bits per heavy atom. The summed E-state index contributed by atoms with van der Waals surface area (Å²) >= 11 is 5.99. The van der Waals surface area contributed by atoms with E-state index in [4.69, 9.17) is 11.6 Å². The summed E-state index contributed by atoms with van der Waals surface area (Å²) in [6.07, 6.45) is 2.38. The van der Waals surface area contributed by atoms with Crippen LogP contribution in [0.3, 0.4) is 0 Å². The Morgan fingerprint density at radius 3 is 3.00 bits per heavy atom. The number of aliphatic hydroxyl groups is 1. The first-order valence-corrected chi connectivity index (χ1v) is 6.26. The van der Waals surface area contributed by atoms with E-state index in [0.29, 0.717) is 5.92 Å². The van der Waals surface area contributed by atoms with Gasteiger partial charge in [0, 0.05) is 10.9 Å². The van der Waals surface area contributed by atoms with Crippen LogP contribution in [0.25, 0.3) is 0 Å². The number of hydrogen-bond acceptors (Lipinski definition) is 2. The maximum atomic E-state index is 9.55. The van der Waals surface area contributed by atoms with Crippen LogP contribution in [0.1, 0.15) is 24.3 Å². The first-order chi connectivity index (χ1) is 7.81. The van der Waals surface area contributed by atoms with Crippen LogP contribution in [0.4, 0.5) is 0 Å². The minimum atomic E-state index is 0.201. The van der Waals surface area contributed by atoms with E-state index < -0.39 is 0 Å². The van der Waals surface area contributed by atoms with Gasteiger partial charge in [-0.2, -0.15) is 0 Å². The van der Waals surface area contributed by atoms with Gasteiger partial charge >= 0.3 is 0 Å². The quantitative estimate of drug-likeness (QED) is 0.849. The summed E-state index contributed by atoms with van der Waals surface area (Å²) in [6.45, 7) is 2.30. The Hall–Kier alpha value is -0.570. The van der Waals surface area contributed by atoms with Crippen molar-refractivity contribution < 1.29 is 5.11 Å². The zero-order valence-corrected chi connectivity index (χ0v) is 10.1. The molecule has 16 heavy (non-hydrogen) atoms. The van der Waals surface area contributed by atoms with E-state index in [0.717, 1.165) is 23.7 Å². The van der Waals surface area contributed by atoms with Crippen LogP contribution in [0, 0.1) is 5.92 Å². The van der Waals surface area contributed by atoms with Crippen molar-refractivity contribution in [1.29, 1.82) is 0 Å². The number of aliphatic hydroxyl groups excluding tert-OH is 1. The van der Waals surface area contributed by atoms with Crippen molar-refractivity contribution >= 4 is 11.6 Å². The Morgan fingerprint density at radius 2 is 2.38 bits per heavy atom. The standard InChI is InChI=1S/C13H18ClNO/c14-12-5-1-3-10(7-12)13(9-16)11-4-2-6-15-8-11/h1,3,5,7,11,13,15-16H,2,4,6,8-9H2. The maximum Gasteiger partial charge on any atom is 0.0502 e. The SMILES string of the molecule is OCC(c1cccc(Cl)c1)C1CCCNC1. The molecule has 1 aromatic rings.